The van der Waals surface area contributed by atoms with Gasteiger partial charge in [0, 0.05) is 12.6 Å². The Labute approximate surface area is 180 Å². The Balaban J connectivity index is 1.46. The SMILES string of the molecule is NCC(=O)NC1CNC(C(=O)NC(CCc2ccccc2)c2nc3ccccc3o2)C1. The molecule has 0 aliphatic carbocycles. The third kappa shape index (κ3) is 5.28. The van der Waals surface area contributed by atoms with E-state index < -0.39 is 6.04 Å². The number of nitrogens with zero attached hydrogens (tertiary/aromatic N) is 1. The van der Waals surface area contributed by atoms with E-state index in [4.69, 9.17) is 10.2 Å². The minimum Gasteiger partial charge on any atom is -0.438 e. The molecule has 2 heterocycles. The van der Waals surface area contributed by atoms with E-state index in [1.54, 1.807) is 0 Å². The quantitative estimate of drug-likeness (QED) is 0.436. The number of hydrogen-bond acceptors (Lipinski definition) is 6. The highest BCUT2D eigenvalue weighted by atomic mass is 16.3. The van der Waals surface area contributed by atoms with Crippen molar-refractivity contribution in [2.75, 3.05) is 13.1 Å². The van der Waals surface area contributed by atoms with Gasteiger partial charge in [0.15, 0.2) is 5.58 Å². The Hall–Kier alpha value is -3.23. The van der Waals surface area contributed by atoms with Gasteiger partial charge in [0.2, 0.25) is 17.7 Å². The topological polar surface area (TPSA) is 122 Å². The highest BCUT2D eigenvalue weighted by Crippen LogP contribution is 2.24. The van der Waals surface area contributed by atoms with Gasteiger partial charge in [-0.05, 0) is 37.0 Å². The van der Waals surface area contributed by atoms with Crippen LogP contribution in [0.3, 0.4) is 0 Å². The van der Waals surface area contributed by atoms with Crippen LogP contribution < -0.4 is 21.7 Å². The maximum Gasteiger partial charge on any atom is 0.237 e. The van der Waals surface area contributed by atoms with E-state index in [1.165, 1.54) is 5.56 Å². The van der Waals surface area contributed by atoms with Crippen LogP contribution in [-0.2, 0) is 16.0 Å². The predicted octanol–water partition coefficient (Wildman–Crippen LogP) is 1.42. The molecule has 1 fully saturated rings. The molecular formula is C23H27N5O3. The van der Waals surface area contributed by atoms with E-state index in [0.29, 0.717) is 30.9 Å². The predicted molar refractivity (Wildman–Crippen MR) is 117 cm³/mol. The maximum atomic E-state index is 13.0. The molecule has 0 bridgehead atoms. The monoisotopic (exact) mass is 421 g/mol. The van der Waals surface area contributed by atoms with Crippen molar-refractivity contribution >= 4 is 22.9 Å². The van der Waals surface area contributed by atoms with E-state index >= 15 is 0 Å². The Bertz CT molecular complexity index is 1000. The molecule has 8 nitrogen and oxygen atoms in total. The second-order valence-corrected chi connectivity index (χ2v) is 7.77. The Morgan fingerprint density at radius 1 is 1.16 bits per heavy atom. The molecule has 162 valence electrons. The fourth-order valence-corrected chi connectivity index (χ4v) is 3.86. The van der Waals surface area contributed by atoms with E-state index in [-0.39, 0.29) is 30.4 Å². The van der Waals surface area contributed by atoms with Crippen LogP contribution in [0.15, 0.2) is 59.0 Å². The second-order valence-electron chi connectivity index (χ2n) is 7.77. The first-order valence-electron chi connectivity index (χ1n) is 10.5. The molecule has 5 N–H and O–H groups in total. The molecule has 1 saturated heterocycles. The Kier molecular flexibility index (Phi) is 6.59. The first kappa shape index (κ1) is 21.0. The molecule has 3 atom stereocenters. The number of aryl methyl sites for hydroxylation is 1. The number of nitrogens with one attached hydrogen (secondary N) is 3. The van der Waals surface area contributed by atoms with Crippen molar-refractivity contribution in [2.45, 2.75) is 37.4 Å². The van der Waals surface area contributed by atoms with Gasteiger partial charge in [-0.15, -0.1) is 0 Å². The minimum atomic E-state index is -0.397. The number of amides is 2. The van der Waals surface area contributed by atoms with Crippen LogP contribution >= 0.6 is 0 Å². The number of fused-ring (bicyclic) bond motifs is 1. The summed E-state index contributed by atoms with van der Waals surface area (Å²) >= 11 is 0. The van der Waals surface area contributed by atoms with Crippen LogP contribution in [0.25, 0.3) is 11.1 Å². The second kappa shape index (κ2) is 9.72. The zero-order valence-electron chi connectivity index (χ0n) is 17.2. The number of oxazole rings is 1. The maximum absolute atomic E-state index is 13.0. The van der Waals surface area contributed by atoms with Crippen LogP contribution in [0.2, 0.25) is 0 Å². The average molecular weight is 422 g/mol. The molecule has 0 spiro atoms. The van der Waals surface area contributed by atoms with Crippen molar-refractivity contribution < 1.29 is 14.0 Å². The number of nitrogens with two attached hydrogens (primary N) is 1. The lowest BCUT2D eigenvalue weighted by Crippen LogP contribution is -2.42. The van der Waals surface area contributed by atoms with Crippen molar-refractivity contribution in [3.8, 4) is 0 Å². The molecule has 1 aliphatic rings. The van der Waals surface area contributed by atoms with Gasteiger partial charge in [0.25, 0.3) is 0 Å². The first-order valence-corrected chi connectivity index (χ1v) is 10.5. The summed E-state index contributed by atoms with van der Waals surface area (Å²) < 4.78 is 5.95. The zero-order valence-corrected chi connectivity index (χ0v) is 17.2. The van der Waals surface area contributed by atoms with Crippen LogP contribution in [0, 0.1) is 0 Å². The normalized spacial score (nSPS) is 19.3. The van der Waals surface area contributed by atoms with E-state index in [1.807, 2.05) is 42.5 Å². The summed E-state index contributed by atoms with van der Waals surface area (Å²) in [5, 5.41) is 9.10. The first-order chi connectivity index (χ1) is 15.1. The molecule has 4 rings (SSSR count). The summed E-state index contributed by atoms with van der Waals surface area (Å²) in [7, 11) is 0. The number of aromatic nitrogens is 1. The highest BCUT2D eigenvalue weighted by Gasteiger charge is 2.32. The van der Waals surface area contributed by atoms with Crippen LogP contribution in [0.1, 0.15) is 30.3 Å². The summed E-state index contributed by atoms with van der Waals surface area (Å²) in [6, 6.07) is 16.8. The third-order valence-corrected chi connectivity index (χ3v) is 5.49. The minimum absolute atomic E-state index is 0.0629. The number of carbonyl (C=O) groups excluding carboxylic acids is 2. The van der Waals surface area contributed by atoms with Crippen LogP contribution in [0.5, 0.6) is 0 Å². The van der Waals surface area contributed by atoms with Crippen molar-refractivity contribution in [1.29, 1.82) is 0 Å². The standard InChI is InChI=1S/C23H27N5O3/c24-13-21(29)26-16-12-19(25-14-16)22(30)27-18(11-10-15-6-2-1-3-7-15)23-28-17-8-4-5-9-20(17)31-23/h1-9,16,18-19,25H,10-14,24H2,(H,26,29)(H,27,30). The largest absolute Gasteiger partial charge is 0.438 e. The van der Waals surface area contributed by atoms with Crippen LogP contribution in [0.4, 0.5) is 0 Å². The number of rotatable bonds is 8. The highest BCUT2D eigenvalue weighted by molar-refractivity contribution is 5.83. The van der Waals surface area contributed by atoms with Gasteiger partial charge in [-0.3, -0.25) is 9.59 Å². The summed E-state index contributed by atoms with van der Waals surface area (Å²) in [5.74, 6) is 0.140. The molecule has 3 unspecified atom stereocenters. The Morgan fingerprint density at radius 2 is 1.94 bits per heavy atom. The lowest BCUT2D eigenvalue weighted by Gasteiger charge is -2.19. The van der Waals surface area contributed by atoms with Crippen molar-refractivity contribution in [3.63, 3.8) is 0 Å². The molecule has 31 heavy (non-hydrogen) atoms. The van der Waals surface area contributed by atoms with Gasteiger partial charge in [-0.1, -0.05) is 42.5 Å². The molecule has 0 radical (unpaired) electrons. The number of benzene rings is 2. The van der Waals surface area contributed by atoms with Crippen molar-refractivity contribution in [2.24, 2.45) is 5.73 Å². The average Bonchev–Trinajstić information content (AvgIpc) is 3.44. The molecule has 2 amide bonds. The van der Waals surface area contributed by atoms with Gasteiger partial charge in [0.1, 0.15) is 11.6 Å². The molecule has 0 saturated carbocycles. The molecule has 3 aromatic rings. The number of para-hydroxylation sites is 2. The fraction of sp³-hybridized carbons (Fsp3) is 0.348. The summed E-state index contributed by atoms with van der Waals surface area (Å²) in [5.41, 5.74) is 8.00. The summed E-state index contributed by atoms with van der Waals surface area (Å²) in [6.45, 7) is 0.466. The van der Waals surface area contributed by atoms with Gasteiger partial charge >= 0.3 is 0 Å². The van der Waals surface area contributed by atoms with E-state index in [2.05, 4.69) is 33.1 Å². The van der Waals surface area contributed by atoms with Crippen molar-refractivity contribution in [3.05, 3.63) is 66.1 Å². The Morgan fingerprint density at radius 3 is 2.71 bits per heavy atom. The molecule has 1 aliphatic heterocycles. The molecular weight excluding hydrogens is 394 g/mol. The van der Waals surface area contributed by atoms with Gasteiger partial charge in [-0.25, -0.2) is 4.98 Å². The third-order valence-electron chi connectivity index (χ3n) is 5.49. The zero-order chi connectivity index (χ0) is 21.6. The fourth-order valence-electron chi connectivity index (χ4n) is 3.86. The molecule has 1 aromatic heterocycles. The molecule has 8 heteroatoms. The summed E-state index contributed by atoms with van der Waals surface area (Å²) in [4.78, 5) is 29.1. The lowest BCUT2D eigenvalue weighted by molar-refractivity contribution is -0.124. The van der Waals surface area contributed by atoms with Gasteiger partial charge in [0.05, 0.1) is 12.6 Å². The lowest BCUT2D eigenvalue weighted by atomic mass is 10.0. The number of hydrogen-bond donors (Lipinski definition) is 4. The van der Waals surface area contributed by atoms with Crippen LogP contribution in [-0.4, -0.2) is 42.0 Å². The molecule has 2 aromatic carbocycles. The van der Waals surface area contributed by atoms with Gasteiger partial charge < -0.3 is 26.1 Å². The number of carbonyl (C=O) groups is 2. The van der Waals surface area contributed by atoms with E-state index in [0.717, 1.165) is 11.9 Å². The summed E-state index contributed by atoms with van der Waals surface area (Å²) in [6.07, 6.45) is 1.94. The smallest absolute Gasteiger partial charge is 0.237 e. The van der Waals surface area contributed by atoms with Crippen molar-refractivity contribution in [1.82, 2.24) is 20.9 Å². The van der Waals surface area contributed by atoms with Gasteiger partial charge in [-0.2, -0.15) is 0 Å². The van der Waals surface area contributed by atoms with E-state index in [9.17, 15) is 9.59 Å².